The maximum atomic E-state index is 12.5. The zero-order valence-corrected chi connectivity index (χ0v) is 17.4. The van der Waals surface area contributed by atoms with Gasteiger partial charge in [-0.05, 0) is 43.7 Å². The summed E-state index contributed by atoms with van der Waals surface area (Å²) in [5.41, 5.74) is -0.441. The summed E-state index contributed by atoms with van der Waals surface area (Å²) < 4.78 is 31.6. The van der Waals surface area contributed by atoms with E-state index in [0.717, 1.165) is 19.2 Å². The molecule has 0 saturated carbocycles. The molecule has 0 spiro atoms. The highest BCUT2D eigenvalue weighted by Crippen LogP contribution is 2.20. The van der Waals surface area contributed by atoms with Crippen molar-refractivity contribution < 1.29 is 27.7 Å². The highest BCUT2D eigenvalue weighted by Gasteiger charge is 2.19. The number of ether oxygens (including phenoxy) is 1. The first-order valence-corrected chi connectivity index (χ1v) is 10.4. The molecule has 0 radical (unpaired) electrons. The van der Waals surface area contributed by atoms with Crippen LogP contribution in [0.5, 0.6) is 0 Å². The Labute approximate surface area is 173 Å². The fourth-order valence-corrected chi connectivity index (χ4v) is 3.75. The molecule has 0 saturated heterocycles. The Hall–Kier alpha value is -3.31. The molecule has 2 N–H and O–H groups in total. The van der Waals surface area contributed by atoms with Crippen LogP contribution in [0.2, 0.25) is 0 Å². The van der Waals surface area contributed by atoms with E-state index in [0.29, 0.717) is 6.42 Å². The number of benzene rings is 2. The van der Waals surface area contributed by atoms with Gasteiger partial charge in [0.2, 0.25) is 10.0 Å². The van der Waals surface area contributed by atoms with Crippen LogP contribution in [-0.2, 0) is 14.8 Å². The van der Waals surface area contributed by atoms with Gasteiger partial charge in [-0.1, -0.05) is 6.92 Å². The van der Waals surface area contributed by atoms with Crippen molar-refractivity contribution >= 4 is 33.3 Å². The van der Waals surface area contributed by atoms with Gasteiger partial charge in [0.05, 0.1) is 22.5 Å². The number of methoxy groups -OCH3 is 1. The standard InChI is InChI=1S/C19H21N3O7S/c1-4-12(2)21-30(27,28)17-7-5-15(6-8-17)20-18(23)13-9-14(19(24)29-3)11-16(10-13)22(25)26/h5-12,21H,4H2,1-3H3,(H,20,23). The van der Waals surface area contributed by atoms with Crippen LogP contribution < -0.4 is 10.0 Å². The second-order valence-corrected chi connectivity index (χ2v) is 8.14. The van der Waals surface area contributed by atoms with Crippen LogP contribution in [0.1, 0.15) is 41.0 Å². The molecule has 2 aromatic carbocycles. The SMILES string of the molecule is CCC(C)NS(=O)(=O)c1ccc(NC(=O)c2cc(C(=O)OC)cc([N+](=O)[O-])c2)cc1. The number of anilines is 1. The average molecular weight is 435 g/mol. The first-order chi connectivity index (χ1) is 14.1. The van der Waals surface area contributed by atoms with E-state index in [2.05, 4.69) is 14.8 Å². The van der Waals surface area contributed by atoms with E-state index in [9.17, 15) is 28.1 Å². The molecule has 2 rings (SSSR count). The second-order valence-electron chi connectivity index (χ2n) is 6.43. The zero-order valence-electron chi connectivity index (χ0n) is 16.5. The number of hydrogen-bond donors (Lipinski definition) is 2. The molecule has 30 heavy (non-hydrogen) atoms. The van der Waals surface area contributed by atoms with Gasteiger partial charge in [0, 0.05) is 29.4 Å². The molecule has 160 valence electrons. The van der Waals surface area contributed by atoms with Gasteiger partial charge in [-0.15, -0.1) is 0 Å². The summed E-state index contributed by atoms with van der Waals surface area (Å²) >= 11 is 0. The van der Waals surface area contributed by atoms with Gasteiger partial charge >= 0.3 is 5.97 Å². The monoisotopic (exact) mass is 435 g/mol. The summed E-state index contributed by atoms with van der Waals surface area (Å²) in [6.45, 7) is 3.60. The number of sulfonamides is 1. The van der Waals surface area contributed by atoms with Crippen LogP contribution >= 0.6 is 0 Å². The maximum Gasteiger partial charge on any atom is 0.338 e. The molecule has 0 aliphatic carbocycles. The minimum atomic E-state index is -3.69. The zero-order chi connectivity index (χ0) is 22.5. The Morgan fingerprint density at radius 3 is 2.27 bits per heavy atom. The molecule has 0 aromatic heterocycles. The van der Waals surface area contributed by atoms with E-state index in [-0.39, 0.29) is 27.8 Å². The predicted molar refractivity (Wildman–Crippen MR) is 109 cm³/mol. The third-order valence-corrected chi connectivity index (χ3v) is 5.81. The highest BCUT2D eigenvalue weighted by molar-refractivity contribution is 7.89. The number of hydrogen-bond acceptors (Lipinski definition) is 7. The first-order valence-electron chi connectivity index (χ1n) is 8.89. The molecule has 0 heterocycles. The molecule has 11 heteroatoms. The second kappa shape index (κ2) is 9.46. The van der Waals surface area contributed by atoms with E-state index in [1.165, 1.54) is 30.3 Å². The van der Waals surface area contributed by atoms with Gasteiger partial charge in [0.15, 0.2) is 0 Å². The van der Waals surface area contributed by atoms with E-state index < -0.39 is 32.5 Å². The number of carbonyl (C=O) groups excluding carboxylic acids is 2. The van der Waals surface area contributed by atoms with E-state index in [1.54, 1.807) is 6.92 Å². The van der Waals surface area contributed by atoms with Crippen molar-refractivity contribution in [2.24, 2.45) is 0 Å². The quantitative estimate of drug-likeness (QED) is 0.368. The van der Waals surface area contributed by atoms with Crippen molar-refractivity contribution in [3.8, 4) is 0 Å². The first kappa shape index (κ1) is 23.0. The lowest BCUT2D eigenvalue weighted by Crippen LogP contribution is -2.31. The Morgan fingerprint density at radius 1 is 1.13 bits per heavy atom. The molecule has 1 unspecified atom stereocenters. The molecule has 2 aromatic rings. The molecule has 0 bridgehead atoms. The summed E-state index contributed by atoms with van der Waals surface area (Å²) in [5, 5.41) is 13.6. The van der Waals surface area contributed by atoms with Crippen LogP contribution in [0.15, 0.2) is 47.4 Å². The number of nitro benzene ring substituents is 1. The van der Waals surface area contributed by atoms with Gasteiger partial charge < -0.3 is 10.1 Å². The van der Waals surface area contributed by atoms with Crippen LogP contribution in [-0.4, -0.2) is 38.4 Å². The number of amides is 1. The minimum absolute atomic E-state index is 0.0316. The molecular weight excluding hydrogens is 414 g/mol. The van der Waals surface area contributed by atoms with Gasteiger partial charge in [-0.2, -0.15) is 0 Å². The summed E-state index contributed by atoms with van der Waals surface area (Å²) in [7, 11) is -2.57. The normalized spacial score (nSPS) is 12.1. The minimum Gasteiger partial charge on any atom is -0.465 e. The molecule has 0 fully saturated rings. The highest BCUT2D eigenvalue weighted by atomic mass is 32.2. The number of carbonyl (C=O) groups is 2. The lowest BCUT2D eigenvalue weighted by molar-refractivity contribution is -0.384. The predicted octanol–water partition coefficient (Wildman–Crippen LogP) is 2.71. The van der Waals surface area contributed by atoms with Gasteiger partial charge in [-0.3, -0.25) is 14.9 Å². The molecule has 0 aliphatic rings. The largest absolute Gasteiger partial charge is 0.465 e. The molecule has 1 amide bonds. The number of esters is 1. The van der Waals surface area contributed by atoms with E-state index in [4.69, 9.17) is 0 Å². The van der Waals surface area contributed by atoms with Crippen LogP contribution in [0.3, 0.4) is 0 Å². The number of nitrogens with zero attached hydrogens (tertiary/aromatic N) is 1. The number of rotatable bonds is 8. The van der Waals surface area contributed by atoms with Crippen LogP contribution in [0, 0.1) is 10.1 Å². The molecule has 1 atom stereocenters. The Bertz CT molecular complexity index is 1070. The summed E-state index contributed by atoms with van der Waals surface area (Å²) in [6, 6.07) is 8.41. The van der Waals surface area contributed by atoms with Gasteiger partial charge in [0.1, 0.15) is 0 Å². The van der Waals surface area contributed by atoms with Gasteiger partial charge in [-0.25, -0.2) is 17.9 Å². The van der Waals surface area contributed by atoms with Crippen LogP contribution in [0.25, 0.3) is 0 Å². The van der Waals surface area contributed by atoms with Crippen molar-refractivity contribution in [3.63, 3.8) is 0 Å². The van der Waals surface area contributed by atoms with E-state index in [1.807, 2.05) is 6.92 Å². The summed E-state index contributed by atoms with van der Waals surface area (Å²) in [6.07, 6.45) is 0.629. The van der Waals surface area contributed by atoms with Crippen molar-refractivity contribution in [3.05, 3.63) is 63.7 Å². The van der Waals surface area contributed by atoms with Crippen molar-refractivity contribution in [1.82, 2.24) is 4.72 Å². The number of nitrogens with one attached hydrogen (secondary N) is 2. The molecular formula is C19H21N3O7S. The Balaban J connectivity index is 2.25. The van der Waals surface area contributed by atoms with Crippen molar-refractivity contribution in [2.45, 2.75) is 31.2 Å². The summed E-state index contributed by atoms with van der Waals surface area (Å²) in [5.74, 6) is -1.53. The van der Waals surface area contributed by atoms with Gasteiger partial charge in [0.25, 0.3) is 11.6 Å². The summed E-state index contributed by atoms with van der Waals surface area (Å²) in [4.78, 5) is 34.6. The smallest absolute Gasteiger partial charge is 0.338 e. The van der Waals surface area contributed by atoms with Crippen molar-refractivity contribution in [2.75, 3.05) is 12.4 Å². The lowest BCUT2D eigenvalue weighted by atomic mass is 10.1. The number of nitro groups is 1. The maximum absolute atomic E-state index is 12.5. The molecule has 10 nitrogen and oxygen atoms in total. The fraction of sp³-hybridized carbons (Fsp3) is 0.263. The Kier molecular flexibility index (Phi) is 7.24. The topological polar surface area (TPSA) is 145 Å². The average Bonchev–Trinajstić information content (AvgIpc) is 2.72. The molecule has 0 aliphatic heterocycles. The third kappa shape index (κ3) is 5.61. The van der Waals surface area contributed by atoms with Crippen LogP contribution in [0.4, 0.5) is 11.4 Å². The fourth-order valence-electron chi connectivity index (χ4n) is 2.42. The Morgan fingerprint density at radius 2 is 1.73 bits per heavy atom. The third-order valence-electron chi connectivity index (χ3n) is 4.20. The number of non-ortho nitro benzene ring substituents is 1. The lowest BCUT2D eigenvalue weighted by Gasteiger charge is -2.12. The van der Waals surface area contributed by atoms with Crippen molar-refractivity contribution in [1.29, 1.82) is 0 Å². The van der Waals surface area contributed by atoms with E-state index >= 15 is 0 Å².